The number of aryl methyl sites for hydroxylation is 2. The van der Waals surface area contributed by atoms with Crippen molar-refractivity contribution in [3.63, 3.8) is 0 Å². The van der Waals surface area contributed by atoms with Gasteiger partial charge in [0.1, 0.15) is 5.52 Å². The molecule has 1 fully saturated rings. The Morgan fingerprint density at radius 1 is 1.21 bits per heavy atom. The predicted molar refractivity (Wildman–Crippen MR) is 113 cm³/mol. The molecular weight excluding hydrogens is 374 g/mol. The number of rotatable bonds is 4. The molecule has 28 heavy (non-hydrogen) atoms. The number of carbonyl (C=O) groups is 1. The fourth-order valence-corrected chi connectivity index (χ4v) is 3.99. The maximum Gasteiger partial charge on any atom is 0.227 e. The molecule has 146 valence electrons. The highest BCUT2D eigenvalue weighted by Crippen LogP contribution is 2.30. The van der Waals surface area contributed by atoms with Crippen LogP contribution in [0.2, 0.25) is 5.02 Å². The lowest BCUT2D eigenvalue weighted by atomic mass is 9.95. The van der Waals surface area contributed by atoms with Crippen LogP contribution in [0.4, 0.5) is 11.5 Å². The van der Waals surface area contributed by atoms with Gasteiger partial charge in [0.05, 0.1) is 5.69 Å². The molecule has 0 saturated carbocycles. The predicted octanol–water partition coefficient (Wildman–Crippen LogP) is 4.27. The van der Waals surface area contributed by atoms with E-state index >= 15 is 0 Å². The Balaban J connectivity index is 1.46. The molecule has 3 aromatic rings. The lowest BCUT2D eigenvalue weighted by molar-refractivity contribution is -0.120. The van der Waals surface area contributed by atoms with Gasteiger partial charge in [0.15, 0.2) is 5.82 Å². The third-order valence-electron chi connectivity index (χ3n) is 5.40. The topological polar surface area (TPSA) is 63.1 Å². The van der Waals surface area contributed by atoms with Gasteiger partial charge in [-0.1, -0.05) is 11.6 Å². The van der Waals surface area contributed by atoms with E-state index in [1.54, 1.807) is 12.1 Å². The summed E-state index contributed by atoms with van der Waals surface area (Å²) in [4.78, 5) is 19.5. The van der Waals surface area contributed by atoms with Gasteiger partial charge >= 0.3 is 0 Å². The molecule has 1 aromatic carbocycles. The minimum atomic E-state index is 0.00366. The second kappa shape index (κ2) is 7.80. The van der Waals surface area contributed by atoms with E-state index in [1.807, 2.05) is 36.0 Å². The number of carbonyl (C=O) groups excluding carboxylic acids is 1. The number of piperidine rings is 1. The summed E-state index contributed by atoms with van der Waals surface area (Å²) < 4.78 is 2.02. The van der Waals surface area contributed by atoms with Crippen LogP contribution >= 0.6 is 11.6 Å². The van der Waals surface area contributed by atoms with Crippen LogP contribution in [0, 0.1) is 12.8 Å². The van der Waals surface area contributed by atoms with E-state index in [1.165, 1.54) is 0 Å². The Morgan fingerprint density at radius 3 is 2.61 bits per heavy atom. The number of benzene rings is 1. The summed E-state index contributed by atoms with van der Waals surface area (Å²) in [7, 11) is 0. The first-order chi connectivity index (χ1) is 13.6. The zero-order valence-corrected chi connectivity index (χ0v) is 16.9. The van der Waals surface area contributed by atoms with Gasteiger partial charge in [0, 0.05) is 47.8 Å². The summed E-state index contributed by atoms with van der Waals surface area (Å²) >= 11 is 5.91. The average Bonchev–Trinajstić information content (AvgIpc) is 3.06. The third-order valence-corrected chi connectivity index (χ3v) is 5.65. The fraction of sp³-hybridized carbons (Fsp3) is 0.381. The number of nitrogens with one attached hydrogen (secondary N) is 1. The molecule has 0 unspecified atom stereocenters. The number of nitrogens with zero attached hydrogens (tertiary/aromatic N) is 4. The zero-order chi connectivity index (χ0) is 19.7. The smallest absolute Gasteiger partial charge is 0.227 e. The molecule has 1 saturated heterocycles. The van der Waals surface area contributed by atoms with Crippen LogP contribution in [-0.2, 0) is 11.3 Å². The lowest BCUT2D eigenvalue weighted by Gasteiger charge is -2.32. The minimum absolute atomic E-state index is 0.00366. The van der Waals surface area contributed by atoms with E-state index in [-0.39, 0.29) is 11.8 Å². The molecule has 2 aromatic heterocycles. The van der Waals surface area contributed by atoms with Gasteiger partial charge in [0.2, 0.25) is 5.91 Å². The van der Waals surface area contributed by atoms with Crippen LogP contribution in [0.15, 0.2) is 36.5 Å². The molecule has 6 nitrogen and oxygen atoms in total. The fourth-order valence-electron chi connectivity index (χ4n) is 3.87. The first-order valence-corrected chi connectivity index (χ1v) is 10.1. The van der Waals surface area contributed by atoms with Crippen LogP contribution in [0.25, 0.3) is 10.9 Å². The van der Waals surface area contributed by atoms with Gasteiger partial charge in [-0.25, -0.2) is 4.98 Å². The maximum absolute atomic E-state index is 12.6. The first-order valence-electron chi connectivity index (χ1n) is 9.70. The maximum atomic E-state index is 12.6. The van der Waals surface area contributed by atoms with Crippen molar-refractivity contribution in [1.82, 2.24) is 14.8 Å². The van der Waals surface area contributed by atoms with Crippen molar-refractivity contribution in [2.24, 2.45) is 5.92 Å². The Bertz CT molecular complexity index is 990. The second-order valence-electron chi connectivity index (χ2n) is 7.19. The molecule has 7 heteroatoms. The number of halogens is 1. The van der Waals surface area contributed by atoms with Crippen LogP contribution in [-0.4, -0.2) is 33.8 Å². The van der Waals surface area contributed by atoms with E-state index in [0.29, 0.717) is 5.02 Å². The van der Waals surface area contributed by atoms with Gasteiger partial charge in [-0.15, -0.1) is 0 Å². The molecular formula is C21H24ClN5O. The third kappa shape index (κ3) is 3.56. The molecule has 0 radical (unpaired) electrons. The van der Waals surface area contributed by atoms with E-state index in [9.17, 15) is 4.79 Å². The van der Waals surface area contributed by atoms with Crippen molar-refractivity contribution in [3.8, 4) is 0 Å². The summed E-state index contributed by atoms with van der Waals surface area (Å²) in [5, 5.41) is 9.44. The standard InChI is InChI=1S/C21H24ClN5O/c1-3-27-19-18(14(2)25-27)8-11-23-20(19)26-12-9-15(10-13-26)21(28)24-17-6-4-16(22)5-7-17/h4-8,11,15H,3,9-10,12-13H2,1-2H3,(H,24,28). The first kappa shape index (κ1) is 18.7. The molecule has 3 heterocycles. The van der Waals surface area contributed by atoms with Gasteiger partial charge < -0.3 is 10.2 Å². The number of hydrogen-bond acceptors (Lipinski definition) is 4. The second-order valence-corrected chi connectivity index (χ2v) is 7.63. The molecule has 0 aliphatic carbocycles. The molecule has 0 bridgehead atoms. The van der Waals surface area contributed by atoms with Crippen molar-refractivity contribution in [3.05, 3.63) is 47.2 Å². The summed E-state index contributed by atoms with van der Waals surface area (Å²) in [5.74, 6) is 1.04. The van der Waals surface area contributed by atoms with E-state index < -0.39 is 0 Å². The van der Waals surface area contributed by atoms with Gasteiger partial charge in [-0.2, -0.15) is 5.10 Å². The van der Waals surface area contributed by atoms with Crippen LogP contribution in [0.5, 0.6) is 0 Å². The number of amides is 1. The normalized spacial score (nSPS) is 15.2. The molecule has 1 N–H and O–H groups in total. The monoisotopic (exact) mass is 397 g/mol. The van der Waals surface area contributed by atoms with Crippen LogP contribution in [0.3, 0.4) is 0 Å². The van der Waals surface area contributed by atoms with Crippen LogP contribution in [0.1, 0.15) is 25.5 Å². The molecule has 0 spiro atoms. The summed E-state index contributed by atoms with van der Waals surface area (Å²) in [6.07, 6.45) is 3.46. The van der Waals surface area contributed by atoms with Crippen molar-refractivity contribution >= 4 is 39.9 Å². The lowest BCUT2D eigenvalue weighted by Crippen LogP contribution is -2.38. The number of anilines is 2. The minimum Gasteiger partial charge on any atom is -0.355 e. The summed E-state index contributed by atoms with van der Waals surface area (Å²) in [5.41, 5.74) is 2.90. The van der Waals surface area contributed by atoms with E-state index in [4.69, 9.17) is 11.6 Å². The van der Waals surface area contributed by atoms with Gasteiger partial charge in [0.25, 0.3) is 0 Å². The Hall–Kier alpha value is -2.60. The largest absolute Gasteiger partial charge is 0.355 e. The highest BCUT2D eigenvalue weighted by atomic mass is 35.5. The average molecular weight is 398 g/mol. The summed E-state index contributed by atoms with van der Waals surface area (Å²) in [6.45, 7) is 6.54. The zero-order valence-electron chi connectivity index (χ0n) is 16.2. The molecule has 1 aliphatic heterocycles. The van der Waals surface area contributed by atoms with Crippen molar-refractivity contribution in [1.29, 1.82) is 0 Å². The van der Waals surface area contributed by atoms with Gasteiger partial charge in [-0.05, 0) is 57.0 Å². The van der Waals surface area contributed by atoms with Crippen molar-refractivity contribution in [2.45, 2.75) is 33.2 Å². The molecule has 1 aliphatic rings. The summed E-state index contributed by atoms with van der Waals surface area (Å²) in [6, 6.07) is 9.25. The number of fused-ring (bicyclic) bond motifs is 1. The van der Waals surface area contributed by atoms with Gasteiger partial charge in [-0.3, -0.25) is 9.48 Å². The SMILES string of the molecule is CCn1nc(C)c2ccnc(N3CCC(C(=O)Nc4ccc(Cl)cc4)CC3)c21. The molecule has 1 amide bonds. The van der Waals surface area contributed by atoms with E-state index in [2.05, 4.69) is 27.2 Å². The van der Waals surface area contributed by atoms with E-state index in [0.717, 1.165) is 60.6 Å². The quantitative estimate of drug-likeness (QED) is 0.714. The highest BCUT2D eigenvalue weighted by Gasteiger charge is 2.27. The number of hydrogen-bond donors (Lipinski definition) is 1. The Kier molecular flexibility index (Phi) is 5.22. The Morgan fingerprint density at radius 2 is 1.93 bits per heavy atom. The van der Waals surface area contributed by atoms with Crippen molar-refractivity contribution in [2.75, 3.05) is 23.3 Å². The molecule has 0 atom stereocenters. The highest BCUT2D eigenvalue weighted by molar-refractivity contribution is 6.30. The molecule has 4 rings (SSSR count). The van der Waals surface area contributed by atoms with Crippen LogP contribution < -0.4 is 10.2 Å². The number of pyridine rings is 1. The van der Waals surface area contributed by atoms with Crippen molar-refractivity contribution < 1.29 is 4.79 Å². The number of aromatic nitrogens is 3. The Labute approximate surface area is 169 Å².